The molecule has 6 nitrogen and oxygen atoms in total. The molecule has 3 heterocycles. The lowest BCUT2D eigenvalue weighted by Crippen LogP contribution is -2.28. The summed E-state index contributed by atoms with van der Waals surface area (Å²) in [5, 5.41) is 17.1. The Morgan fingerprint density at radius 3 is 2.96 bits per heavy atom. The highest BCUT2D eigenvalue weighted by Crippen LogP contribution is 2.34. The molecule has 0 radical (unpaired) electrons. The molecule has 3 rings (SSSR count). The first kappa shape index (κ1) is 15.5. The van der Waals surface area contributed by atoms with E-state index >= 15 is 0 Å². The summed E-state index contributed by atoms with van der Waals surface area (Å²) >= 11 is 0. The van der Waals surface area contributed by atoms with Crippen LogP contribution in [0.25, 0.3) is 11.3 Å². The van der Waals surface area contributed by atoms with Gasteiger partial charge in [0, 0.05) is 36.5 Å². The molecule has 1 aliphatic rings. The number of hydrogen-bond acceptors (Lipinski definition) is 5. The first-order valence-corrected chi connectivity index (χ1v) is 7.94. The number of H-pyrrole nitrogens is 1. The second kappa shape index (κ2) is 6.01. The fourth-order valence-corrected chi connectivity index (χ4v) is 3.14. The molecule has 2 aromatic rings. The van der Waals surface area contributed by atoms with Gasteiger partial charge >= 0.3 is 0 Å². The second-order valence-electron chi connectivity index (χ2n) is 6.65. The van der Waals surface area contributed by atoms with Gasteiger partial charge in [0.1, 0.15) is 17.5 Å². The number of fused-ring (bicyclic) bond motifs is 1. The van der Waals surface area contributed by atoms with Gasteiger partial charge in [0.2, 0.25) is 0 Å². The van der Waals surface area contributed by atoms with Crippen LogP contribution in [0.1, 0.15) is 36.4 Å². The minimum absolute atomic E-state index is 0.305. The van der Waals surface area contributed by atoms with E-state index in [1.807, 2.05) is 6.07 Å². The Hall–Kier alpha value is -2.39. The van der Waals surface area contributed by atoms with Crippen LogP contribution in [0.5, 0.6) is 0 Å². The number of anilines is 1. The highest BCUT2D eigenvalue weighted by Gasteiger charge is 2.25. The summed E-state index contributed by atoms with van der Waals surface area (Å²) in [7, 11) is 2.07. The van der Waals surface area contributed by atoms with Crippen LogP contribution >= 0.6 is 0 Å². The Kier molecular flexibility index (Phi) is 4.05. The topological polar surface area (TPSA) is 94.6 Å². The molecule has 0 aromatic carbocycles. The number of aromatic amines is 1. The van der Waals surface area contributed by atoms with E-state index in [1.165, 1.54) is 0 Å². The fraction of sp³-hybridized carbons (Fsp3) is 0.471. The van der Waals surface area contributed by atoms with Crippen molar-refractivity contribution in [3.63, 3.8) is 0 Å². The van der Waals surface area contributed by atoms with Gasteiger partial charge in [0.25, 0.3) is 0 Å². The van der Waals surface area contributed by atoms with Crippen LogP contribution in [0.3, 0.4) is 0 Å². The summed E-state index contributed by atoms with van der Waals surface area (Å²) in [6, 6.07) is 4.25. The molecule has 0 fully saturated rings. The number of aromatic nitrogens is 3. The largest absolute Gasteiger partial charge is 0.383 e. The molecular formula is C17H22N6. The quantitative estimate of drug-likeness (QED) is 0.905. The van der Waals surface area contributed by atoms with Gasteiger partial charge in [-0.2, -0.15) is 10.4 Å². The van der Waals surface area contributed by atoms with Gasteiger partial charge in [-0.25, -0.2) is 4.98 Å². The smallest absolute Gasteiger partial charge is 0.142 e. The van der Waals surface area contributed by atoms with Crippen molar-refractivity contribution in [2.24, 2.45) is 5.92 Å². The Morgan fingerprint density at radius 1 is 1.48 bits per heavy atom. The van der Waals surface area contributed by atoms with Crippen LogP contribution in [0.4, 0.5) is 5.82 Å². The summed E-state index contributed by atoms with van der Waals surface area (Å²) in [6.45, 7) is 6.05. The molecular weight excluding hydrogens is 288 g/mol. The van der Waals surface area contributed by atoms with Crippen LogP contribution in [0.15, 0.2) is 6.07 Å². The zero-order valence-corrected chi connectivity index (χ0v) is 13.8. The second-order valence-corrected chi connectivity index (χ2v) is 6.65. The lowest BCUT2D eigenvalue weighted by molar-refractivity contribution is 0.310. The summed E-state index contributed by atoms with van der Waals surface area (Å²) in [6.07, 6.45) is 1.77. The molecule has 2 aromatic heterocycles. The molecule has 3 N–H and O–H groups in total. The van der Waals surface area contributed by atoms with E-state index in [0.29, 0.717) is 17.3 Å². The molecule has 0 amide bonds. The van der Waals surface area contributed by atoms with Crippen molar-refractivity contribution in [3.8, 4) is 17.3 Å². The third-order valence-corrected chi connectivity index (χ3v) is 4.20. The van der Waals surface area contributed by atoms with Gasteiger partial charge in [-0.05, 0) is 31.0 Å². The van der Waals surface area contributed by atoms with Gasteiger partial charge in [0.05, 0.1) is 5.69 Å². The molecule has 1 aliphatic heterocycles. The van der Waals surface area contributed by atoms with Gasteiger partial charge in [-0.15, -0.1) is 0 Å². The molecule has 23 heavy (non-hydrogen) atoms. The first-order chi connectivity index (χ1) is 11.0. The molecule has 0 bridgehead atoms. The van der Waals surface area contributed by atoms with E-state index in [1.54, 1.807) is 0 Å². The van der Waals surface area contributed by atoms with Crippen LogP contribution < -0.4 is 5.73 Å². The van der Waals surface area contributed by atoms with E-state index < -0.39 is 0 Å². The lowest BCUT2D eigenvalue weighted by atomic mass is 9.93. The van der Waals surface area contributed by atoms with Crippen molar-refractivity contribution < 1.29 is 0 Å². The predicted molar refractivity (Wildman–Crippen MR) is 89.5 cm³/mol. The van der Waals surface area contributed by atoms with Gasteiger partial charge < -0.3 is 10.6 Å². The standard InChI is InChI=1S/C17H22N6/c1-10(2)6-11-7-15(22-21-11)16-12(8-18)17(19)20-14-4-5-23(3)9-13(14)16/h7,10H,4-6,9H2,1-3H3,(H2,19,20)(H,21,22). The summed E-state index contributed by atoms with van der Waals surface area (Å²) in [4.78, 5) is 6.68. The summed E-state index contributed by atoms with van der Waals surface area (Å²) in [5.41, 5.74) is 11.2. The molecule has 0 saturated carbocycles. The number of nitrogens with one attached hydrogen (secondary N) is 1. The number of likely N-dealkylation sites (N-methyl/N-ethyl adjacent to an activating group) is 1. The summed E-state index contributed by atoms with van der Waals surface area (Å²) < 4.78 is 0. The third-order valence-electron chi connectivity index (χ3n) is 4.20. The van der Waals surface area contributed by atoms with E-state index in [4.69, 9.17) is 5.73 Å². The number of pyridine rings is 1. The summed E-state index contributed by atoms with van der Waals surface area (Å²) in [5.74, 6) is 0.848. The first-order valence-electron chi connectivity index (χ1n) is 7.94. The maximum absolute atomic E-state index is 9.56. The fourth-order valence-electron chi connectivity index (χ4n) is 3.14. The van der Waals surface area contributed by atoms with E-state index in [-0.39, 0.29) is 0 Å². The lowest BCUT2D eigenvalue weighted by Gasteiger charge is -2.26. The normalized spacial score (nSPS) is 14.7. The Bertz CT molecular complexity index is 768. The molecule has 0 spiro atoms. The van der Waals surface area contributed by atoms with Crippen molar-refractivity contribution in [2.45, 2.75) is 33.2 Å². The average Bonchev–Trinajstić information content (AvgIpc) is 2.93. The number of rotatable bonds is 3. The number of nitrogens with two attached hydrogens (primary N) is 1. The molecule has 120 valence electrons. The number of nitrogens with zero attached hydrogens (tertiary/aromatic N) is 4. The van der Waals surface area contributed by atoms with Crippen LogP contribution in [0.2, 0.25) is 0 Å². The van der Waals surface area contributed by atoms with Crippen molar-refractivity contribution in [3.05, 3.63) is 28.6 Å². The third kappa shape index (κ3) is 2.92. The zero-order valence-electron chi connectivity index (χ0n) is 13.8. The maximum atomic E-state index is 9.56. The minimum atomic E-state index is 0.305. The minimum Gasteiger partial charge on any atom is -0.383 e. The van der Waals surface area contributed by atoms with Crippen LogP contribution in [-0.4, -0.2) is 33.7 Å². The monoisotopic (exact) mass is 310 g/mol. The predicted octanol–water partition coefficient (Wildman–Crippen LogP) is 2.11. The highest BCUT2D eigenvalue weighted by molar-refractivity contribution is 5.77. The van der Waals surface area contributed by atoms with E-state index in [0.717, 1.165) is 54.1 Å². The van der Waals surface area contributed by atoms with Crippen molar-refractivity contribution >= 4 is 5.82 Å². The van der Waals surface area contributed by atoms with E-state index in [9.17, 15) is 5.26 Å². The molecule has 0 unspecified atom stereocenters. The molecule has 6 heteroatoms. The van der Waals surface area contributed by atoms with Gasteiger partial charge in [-0.1, -0.05) is 13.8 Å². The number of hydrogen-bond donors (Lipinski definition) is 2. The Morgan fingerprint density at radius 2 is 2.26 bits per heavy atom. The number of nitrogen functional groups attached to an aromatic ring is 1. The molecule has 0 saturated heterocycles. The van der Waals surface area contributed by atoms with Crippen molar-refractivity contribution in [1.29, 1.82) is 5.26 Å². The zero-order chi connectivity index (χ0) is 16.6. The molecule has 0 aliphatic carbocycles. The van der Waals surface area contributed by atoms with Crippen LogP contribution in [-0.2, 0) is 19.4 Å². The van der Waals surface area contributed by atoms with Gasteiger partial charge in [-0.3, -0.25) is 5.10 Å². The van der Waals surface area contributed by atoms with Crippen molar-refractivity contribution in [1.82, 2.24) is 20.1 Å². The molecule has 0 atom stereocenters. The Balaban J connectivity index is 2.15. The van der Waals surface area contributed by atoms with E-state index in [2.05, 4.69) is 47.0 Å². The van der Waals surface area contributed by atoms with Gasteiger partial charge in [0.15, 0.2) is 0 Å². The maximum Gasteiger partial charge on any atom is 0.142 e. The van der Waals surface area contributed by atoms with Crippen LogP contribution in [0, 0.1) is 17.2 Å². The average molecular weight is 310 g/mol. The van der Waals surface area contributed by atoms with Crippen molar-refractivity contribution in [2.75, 3.05) is 19.3 Å². The highest BCUT2D eigenvalue weighted by atomic mass is 15.1. The Labute approximate surface area is 136 Å². The SMILES string of the molecule is CC(C)Cc1cc(-c2c(C#N)c(N)nc3c2CN(C)CC3)n[nH]1. The number of nitriles is 1.